The van der Waals surface area contributed by atoms with Crippen molar-refractivity contribution >= 4 is 23.4 Å². The highest BCUT2D eigenvalue weighted by molar-refractivity contribution is 5.98. The molecule has 7 nitrogen and oxygen atoms in total. The summed E-state index contributed by atoms with van der Waals surface area (Å²) >= 11 is 0. The summed E-state index contributed by atoms with van der Waals surface area (Å²) in [5.41, 5.74) is 6.08. The van der Waals surface area contributed by atoms with Gasteiger partial charge in [-0.05, 0) is 43.4 Å². The maximum absolute atomic E-state index is 12.6. The molecule has 3 rings (SSSR count). The Hall–Kier alpha value is -2.41. The number of fused-ring (bicyclic) bond motifs is 1. The average molecular weight is 358 g/mol. The number of rotatable bonds is 6. The smallest absolute Gasteiger partial charge is 0.251 e. The molecule has 0 bridgehead atoms. The van der Waals surface area contributed by atoms with E-state index in [9.17, 15) is 14.4 Å². The van der Waals surface area contributed by atoms with E-state index in [1.165, 1.54) is 19.3 Å². The van der Waals surface area contributed by atoms with Crippen LogP contribution in [0, 0.1) is 5.92 Å². The summed E-state index contributed by atoms with van der Waals surface area (Å²) in [6, 6.07) is 7.08. The zero-order chi connectivity index (χ0) is 18.5. The molecule has 140 valence electrons. The fourth-order valence-corrected chi connectivity index (χ4v) is 3.89. The van der Waals surface area contributed by atoms with Gasteiger partial charge in [-0.15, -0.1) is 0 Å². The summed E-state index contributed by atoms with van der Waals surface area (Å²) < 4.78 is 0. The number of carbonyl (C=O) groups excluding carboxylic acids is 3. The molecule has 0 spiro atoms. The molecule has 2 fully saturated rings. The molecule has 1 saturated carbocycles. The summed E-state index contributed by atoms with van der Waals surface area (Å²) in [5.74, 6) is -0.212. The Balaban J connectivity index is 1.55. The molecule has 2 aliphatic rings. The molecule has 5 N–H and O–H groups in total. The Bertz CT molecular complexity index is 677. The molecule has 1 saturated heterocycles. The third kappa shape index (κ3) is 4.60. The number of primary amides is 1. The monoisotopic (exact) mass is 358 g/mol. The van der Waals surface area contributed by atoms with Gasteiger partial charge in [-0.2, -0.15) is 0 Å². The van der Waals surface area contributed by atoms with Crippen LogP contribution in [-0.4, -0.2) is 36.3 Å². The Labute approximate surface area is 153 Å². The van der Waals surface area contributed by atoms with Crippen molar-refractivity contribution in [3.63, 3.8) is 0 Å². The lowest BCUT2D eigenvalue weighted by atomic mass is 9.85. The van der Waals surface area contributed by atoms with Crippen molar-refractivity contribution in [2.45, 2.75) is 50.6 Å². The highest BCUT2D eigenvalue weighted by Crippen LogP contribution is 2.33. The van der Waals surface area contributed by atoms with Crippen molar-refractivity contribution in [1.82, 2.24) is 10.6 Å². The number of anilines is 1. The second kappa shape index (κ2) is 8.31. The molecule has 1 aromatic carbocycles. The minimum Gasteiger partial charge on any atom is -0.370 e. The van der Waals surface area contributed by atoms with Crippen LogP contribution >= 0.6 is 0 Å². The topological polar surface area (TPSA) is 113 Å². The number of amides is 3. The highest BCUT2D eigenvalue weighted by atomic mass is 16.2. The standard InChI is InChI=1S/C19H26N4O3/c20-17(24)8-9-21-18(25)13-5-3-6-14(10-13)22-19(26)16-11-12-4-1-2-7-15(12)23-16/h3,5-6,10,12,15-16,23H,1-2,4,7-9,11H2,(H2,20,24)(H,21,25)(H,22,26). The molecular weight excluding hydrogens is 332 g/mol. The van der Waals surface area contributed by atoms with Gasteiger partial charge >= 0.3 is 0 Å². The van der Waals surface area contributed by atoms with Gasteiger partial charge < -0.3 is 21.7 Å². The third-order valence-corrected chi connectivity index (χ3v) is 5.23. The van der Waals surface area contributed by atoms with E-state index < -0.39 is 5.91 Å². The predicted octanol–water partition coefficient (Wildman–Crippen LogP) is 1.15. The third-order valence-electron chi connectivity index (χ3n) is 5.23. The van der Waals surface area contributed by atoms with Gasteiger partial charge in [0.2, 0.25) is 11.8 Å². The van der Waals surface area contributed by atoms with Crippen LogP contribution in [0.2, 0.25) is 0 Å². The van der Waals surface area contributed by atoms with E-state index in [1.807, 2.05) is 0 Å². The molecule has 3 unspecified atom stereocenters. The van der Waals surface area contributed by atoms with Crippen molar-refractivity contribution in [3.05, 3.63) is 29.8 Å². The Morgan fingerprint density at radius 3 is 2.77 bits per heavy atom. The summed E-state index contributed by atoms with van der Waals surface area (Å²) in [6.45, 7) is 0.194. The van der Waals surface area contributed by atoms with E-state index in [4.69, 9.17) is 5.73 Å². The van der Waals surface area contributed by atoms with Crippen molar-refractivity contribution in [1.29, 1.82) is 0 Å². The zero-order valence-electron chi connectivity index (χ0n) is 14.8. The normalized spacial score (nSPS) is 24.5. The minimum absolute atomic E-state index is 0.0503. The number of hydrogen-bond donors (Lipinski definition) is 4. The molecule has 1 aliphatic carbocycles. The summed E-state index contributed by atoms with van der Waals surface area (Å²) in [6.07, 6.45) is 5.80. The first kappa shape index (κ1) is 18.4. The van der Waals surface area contributed by atoms with Crippen molar-refractivity contribution in [3.8, 4) is 0 Å². The van der Waals surface area contributed by atoms with E-state index in [1.54, 1.807) is 24.3 Å². The maximum Gasteiger partial charge on any atom is 0.251 e. The summed E-state index contributed by atoms with van der Waals surface area (Å²) in [5, 5.41) is 9.00. The minimum atomic E-state index is -0.462. The fourth-order valence-electron chi connectivity index (χ4n) is 3.89. The van der Waals surface area contributed by atoms with E-state index in [0.717, 1.165) is 12.8 Å². The average Bonchev–Trinajstić information content (AvgIpc) is 3.06. The van der Waals surface area contributed by atoms with Crippen LogP contribution in [0.3, 0.4) is 0 Å². The Morgan fingerprint density at radius 1 is 1.19 bits per heavy atom. The SMILES string of the molecule is NC(=O)CCNC(=O)c1cccc(NC(=O)C2CC3CCCCC3N2)c1. The van der Waals surface area contributed by atoms with E-state index in [0.29, 0.717) is 23.2 Å². The Morgan fingerprint density at radius 2 is 2.00 bits per heavy atom. The number of hydrogen-bond acceptors (Lipinski definition) is 4. The molecule has 1 aliphatic heterocycles. The van der Waals surface area contributed by atoms with Crippen LogP contribution in [0.4, 0.5) is 5.69 Å². The number of nitrogens with one attached hydrogen (secondary N) is 3. The van der Waals surface area contributed by atoms with Gasteiger partial charge in [0.05, 0.1) is 6.04 Å². The van der Waals surface area contributed by atoms with Crippen LogP contribution in [0.25, 0.3) is 0 Å². The van der Waals surface area contributed by atoms with Gasteiger partial charge in [-0.1, -0.05) is 18.9 Å². The lowest BCUT2D eigenvalue weighted by molar-refractivity contribution is -0.118. The molecule has 3 atom stereocenters. The van der Waals surface area contributed by atoms with Crippen LogP contribution in [-0.2, 0) is 9.59 Å². The van der Waals surface area contributed by atoms with Crippen LogP contribution in [0.5, 0.6) is 0 Å². The first-order chi connectivity index (χ1) is 12.5. The van der Waals surface area contributed by atoms with Crippen molar-refractivity contribution in [2.24, 2.45) is 11.7 Å². The van der Waals surface area contributed by atoms with Gasteiger partial charge in [0.25, 0.3) is 5.91 Å². The quantitative estimate of drug-likeness (QED) is 0.611. The molecule has 0 aromatic heterocycles. The van der Waals surface area contributed by atoms with Crippen molar-refractivity contribution < 1.29 is 14.4 Å². The van der Waals surface area contributed by atoms with Gasteiger partial charge in [0.15, 0.2) is 0 Å². The maximum atomic E-state index is 12.6. The van der Waals surface area contributed by atoms with Gasteiger partial charge in [0.1, 0.15) is 0 Å². The van der Waals surface area contributed by atoms with Gasteiger partial charge in [0, 0.05) is 30.3 Å². The predicted molar refractivity (Wildman–Crippen MR) is 98.5 cm³/mol. The van der Waals surface area contributed by atoms with Crippen LogP contribution < -0.4 is 21.7 Å². The van der Waals surface area contributed by atoms with Crippen LogP contribution in [0.15, 0.2) is 24.3 Å². The molecule has 1 aromatic rings. The zero-order valence-corrected chi connectivity index (χ0v) is 14.8. The van der Waals surface area contributed by atoms with E-state index in [-0.39, 0.29) is 30.8 Å². The van der Waals surface area contributed by atoms with E-state index in [2.05, 4.69) is 16.0 Å². The molecule has 26 heavy (non-hydrogen) atoms. The molecule has 7 heteroatoms. The number of carbonyl (C=O) groups is 3. The fraction of sp³-hybridized carbons (Fsp3) is 0.526. The number of benzene rings is 1. The van der Waals surface area contributed by atoms with Crippen LogP contribution in [0.1, 0.15) is 48.9 Å². The Kier molecular flexibility index (Phi) is 5.88. The summed E-state index contributed by atoms with van der Waals surface area (Å²) in [4.78, 5) is 35.4. The van der Waals surface area contributed by atoms with E-state index >= 15 is 0 Å². The molecule has 3 amide bonds. The lowest BCUT2D eigenvalue weighted by Gasteiger charge is -2.24. The second-order valence-electron chi connectivity index (χ2n) is 7.15. The van der Waals surface area contributed by atoms with Gasteiger partial charge in [-0.3, -0.25) is 14.4 Å². The largest absolute Gasteiger partial charge is 0.370 e. The summed E-state index contributed by atoms with van der Waals surface area (Å²) in [7, 11) is 0. The molecular formula is C19H26N4O3. The highest BCUT2D eigenvalue weighted by Gasteiger charge is 2.38. The first-order valence-corrected chi connectivity index (χ1v) is 9.26. The molecule has 0 radical (unpaired) electrons. The molecule has 1 heterocycles. The van der Waals surface area contributed by atoms with Gasteiger partial charge in [-0.25, -0.2) is 0 Å². The number of nitrogens with two attached hydrogens (primary N) is 1. The second-order valence-corrected chi connectivity index (χ2v) is 7.15. The first-order valence-electron chi connectivity index (χ1n) is 9.26. The van der Waals surface area contributed by atoms with Crippen molar-refractivity contribution in [2.75, 3.05) is 11.9 Å². The lowest BCUT2D eigenvalue weighted by Crippen LogP contribution is -2.39.